The monoisotopic (exact) mass is 314 g/mol. The highest BCUT2D eigenvalue weighted by Crippen LogP contribution is 2.21. The van der Waals surface area contributed by atoms with Crippen LogP contribution >= 0.6 is 38.5 Å². The van der Waals surface area contributed by atoms with Crippen LogP contribution in [0, 0.1) is 6.92 Å². The standard InChI is InChI=1S/C6H8BrIN2/c1-4-6(7)5(3-8)10(2)9-4/h3H2,1-2H3. The molecule has 1 rings (SSSR count). The van der Waals surface area contributed by atoms with Crippen molar-refractivity contribution in [2.45, 2.75) is 11.4 Å². The Bertz CT molecular complexity index is 244. The van der Waals surface area contributed by atoms with E-state index in [0.29, 0.717) is 0 Å². The van der Waals surface area contributed by atoms with Gasteiger partial charge in [-0.2, -0.15) is 5.10 Å². The van der Waals surface area contributed by atoms with Crippen molar-refractivity contribution in [2.24, 2.45) is 7.05 Å². The van der Waals surface area contributed by atoms with E-state index in [1.54, 1.807) is 0 Å². The van der Waals surface area contributed by atoms with Gasteiger partial charge in [-0.1, -0.05) is 22.6 Å². The average molecular weight is 315 g/mol. The molecule has 0 aliphatic carbocycles. The Morgan fingerprint density at radius 1 is 1.70 bits per heavy atom. The normalized spacial score (nSPS) is 10.4. The highest BCUT2D eigenvalue weighted by molar-refractivity contribution is 14.1. The zero-order valence-electron chi connectivity index (χ0n) is 5.86. The first kappa shape index (κ1) is 8.52. The molecule has 1 aromatic heterocycles. The van der Waals surface area contributed by atoms with E-state index >= 15 is 0 Å². The summed E-state index contributed by atoms with van der Waals surface area (Å²) >= 11 is 5.80. The van der Waals surface area contributed by atoms with Crippen molar-refractivity contribution in [3.8, 4) is 0 Å². The molecule has 0 saturated carbocycles. The minimum Gasteiger partial charge on any atom is -0.270 e. The van der Waals surface area contributed by atoms with Crippen molar-refractivity contribution in [3.05, 3.63) is 15.9 Å². The van der Waals surface area contributed by atoms with Crippen molar-refractivity contribution in [2.75, 3.05) is 0 Å². The number of alkyl halides is 1. The maximum atomic E-state index is 4.25. The molecule has 0 N–H and O–H groups in total. The highest BCUT2D eigenvalue weighted by Gasteiger charge is 2.07. The number of aryl methyl sites for hydroxylation is 2. The Balaban J connectivity index is 3.20. The fourth-order valence-electron chi connectivity index (χ4n) is 0.825. The lowest BCUT2D eigenvalue weighted by Crippen LogP contribution is -1.94. The fraction of sp³-hybridized carbons (Fsp3) is 0.500. The molecule has 56 valence electrons. The lowest BCUT2D eigenvalue weighted by molar-refractivity contribution is 0.729. The van der Waals surface area contributed by atoms with Gasteiger partial charge in [0, 0.05) is 11.5 Å². The molecule has 1 aromatic rings. The maximum Gasteiger partial charge on any atom is 0.0738 e. The van der Waals surface area contributed by atoms with Gasteiger partial charge in [-0.3, -0.25) is 4.68 Å². The van der Waals surface area contributed by atoms with Gasteiger partial charge >= 0.3 is 0 Å². The summed E-state index contributed by atoms with van der Waals surface area (Å²) in [6.07, 6.45) is 0. The van der Waals surface area contributed by atoms with Crippen molar-refractivity contribution >= 4 is 38.5 Å². The maximum absolute atomic E-state index is 4.25. The van der Waals surface area contributed by atoms with E-state index in [0.717, 1.165) is 14.6 Å². The molecule has 0 aliphatic rings. The smallest absolute Gasteiger partial charge is 0.0738 e. The summed E-state index contributed by atoms with van der Waals surface area (Å²) in [4.78, 5) is 0. The Kier molecular flexibility index (Phi) is 2.74. The van der Waals surface area contributed by atoms with E-state index in [9.17, 15) is 0 Å². The first-order chi connectivity index (χ1) is 4.66. The molecule has 0 saturated heterocycles. The molecule has 0 atom stereocenters. The molecule has 10 heavy (non-hydrogen) atoms. The number of halogens is 2. The Morgan fingerprint density at radius 3 is 2.50 bits per heavy atom. The van der Waals surface area contributed by atoms with Gasteiger partial charge in [0.25, 0.3) is 0 Å². The zero-order chi connectivity index (χ0) is 7.72. The largest absolute Gasteiger partial charge is 0.270 e. The van der Waals surface area contributed by atoms with Gasteiger partial charge in [0.05, 0.1) is 15.9 Å². The van der Waals surface area contributed by atoms with E-state index in [4.69, 9.17) is 0 Å². The molecular formula is C6H8BrIN2. The molecule has 0 bridgehead atoms. The third kappa shape index (κ3) is 1.37. The minimum atomic E-state index is 0.996. The van der Waals surface area contributed by atoms with Gasteiger partial charge in [-0.05, 0) is 22.9 Å². The first-order valence-electron chi connectivity index (χ1n) is 2.90. The second-order valence-corrected chi connectivity index (χ2v) is 3.66. The van der Waals surface area contributed by atoms with Gasteiger partial charge in [-0.15, -0.1) is 0 Å². The van der Waals surface area contributed by atoms with E-state index in [2.05, 4.69) is 43.6 Å². The van der Waals surface area contributed by atoms with E-state index in [1.165, 1.54) is 5.69 Å². The summed E-state index contributed by atoms with van der Waals surface area (Å²) in [5.74, 6) is 0. The minimum absolute atomic E-state index is 0.996. The van der Waals surface area contributed by atoms with Crippen LogP contribution in [-0.2, 0) is 11.5 Å². The molecule has 1 heterocycles. The zero-order valence-corrected chi connectivity index (χ0v) is 9.60. The number of rotatable bonds is 1. The second-order valence-electron chi connectivity index (χ2n) is 2.10. The van der Waals surface area contributed by atoms with Crippen LogP contribution in [0.25, 0.3) is 0 Å². The number of hydrogen-bond donors (Lipinski definition) is 0. The lowest BCUT2D eigenvalue weighted by atomic mass is 10.4. The first-order valence-corrected chi connectivity index (χ1v) is 5.22. The Morgan fingerprint density at radius 2 is 2.30 bits per heavy atom. The summed E-state index contributed by atoms with van der Waals surface area (Å²) in [5, 5.41) is 4.25. The van der Waals surface area contributed by atoms with Crippen molar-refractivity contribution in [3.63, 3.8) is 0 Å². The lowest BCUT2D eigenvalue weighted by Gasteiger charge is -1.94. The third-order valence-electron chi connectivity index (χ3n) is 1.39. The second kappa shape index (κ2) is 3.21. The molecule has 0 spiro atoms. The van der Waals surface area contributed by atoms with Gasteiger partial charge in [0.1, 0.15) is 0 Å². The quantitative estimate of drug-likeness (QED) is 0.575. The van der Waals surface area contributed by atoms with E-state index < -0.39 is 0 Å². The van der Waals surface area contributed by atoms with Crippen LogP contribution in [0.3, 0.4) is 0 Å². The predicted octanol–water partition coefficient (Wildman–Crippen LogP) is 2.43. The Labute approximate surface area is 82.3 Å². The van der Waals surface area contributed by atoms with Crippen LogP contribution < -0.4 is 0 Å². The summed E-state index contributed by atoms with van der Waals surface area (Å²) in [6, 6.07) is 0. The molecule has 0 radical (unpaired) electrons. The number of aromatic nitrogens is 2. The Hall–Kier alpha value is 0.420. The molecule has 0 fully saturated rings. The van der Waals surface area contributed by atoms with Gasteiger partial charge in [0.15, 0.2) is 0 Å². The highest BCUT2D eigenvalue weighted by atomic mass is 127. The van der Waals surface area contributed by atoms with Crippen molar-refractivity contribution < 1.29 is 0 Å². The molecule has 0 aliphatic heterocycles. The molecule has 0 aromatic carbocycles. The van der Waals surface area contributed by atoms with E-state index in [1.807, 2.05) is 18.7 Å². The number of nitrogens with zero attached hydrogens (tertiary/aromatic N) is 2. The summed E-state index contributed by atoms with van der Waals surface area (Å²) in [7, 11) is 1.96. The van der Waals surface area contributed by atoms with Crippen LogP contribution in [-0.4, -0.2) is 9.78 Å². The van der Waals surface area contributed by atoms with Crippen molar-refractivity contribution in [1.29, 1.82) is 0 Å². The van der Waals surface area contributed by atoms with Gasteiger partial charge in [0.2, 0.25) is 0 Å². The SMILES string of the molecule is Cc1nn(C)c(CI)c1Br. The molecular weight excluding hydrogens is 307 g/mol. The number of hydrogen-bond acceptors (Lipinski definition) is 1. The molecule has 4 heteroatoms. The van der Waals surface area contributed by atoms with Crippen LogP contribution in [0.1, 0.15) is 11.4 Å². The summed E-state index contributed by atoms with van der Waals surface area (Å²) in [5.41, 5.74) is 2.31. The summed E-state index contributed by atoms with van der Waals surface area (Å²) < 4.78 is 4.05. The molecule has 0 amide bonds. The topological polar surface area (TPSA) is 17.8 Å². The summed E-state index contributed by atoms with van der Waals surface area (Å²) in [6.45, 7) is 2.00. The van der Waals surface area contributed by atoms with Crippen LogP contribution in [0.2, 0.25) is 0 Å². The predicted molar refractivity (Wildman–Crippen MR) is 53.4 cm³/mol. The molecule has 2 nitrogen and oxygen atoms in total. The van der Waals surface area contributed by atoms with Crippen molar-refractivity contribution in [1.82, 2.24) is 9.78 Å². The van der Waals surface area contributed by atoms with Gasteiger partial charge < -0.3 is 0 Å². The van der Waals surface area contributed by atoms with Crippen LogP contribution in [0.15, 0.2) is 4.47 Å². The average Bonchev–Trinajstić information content (AvgIpc) is 2.09. The van der Waals surface area contributed by atoms with Crippen LogP contribution in [0.5, 0.6) is 0 Å². The fourth-order valence-corrected chi connectivity index (χ4v) is 2.70. The van der Waals surface area contributed by atoms with Crippen LogP contribution in [0.4, 0.5) is 0 Å². The van der Waals surface area contributed by atoms with E-state index in [-0.39, 0.29) is 0 Å². The van der Waals surface area contributed by atoms with Gasteiger partial charge in [-0.25, -0.2) is 0 Å². The third-order valence-corrected chi connectivity index (χ3v) is 3.14. The molecule has 0 unspecified atom stereocenters.